The van der Waals surface area contributed by atoms with Gasteiger partial charge in [0, 0.05) is 27.6 Å². The fraction of sp³-hybridized carbons (Fsp3) is 0.120. The molecule has 1 aliphatic carbocycles. The van der Waals surface area contributed by atoms with Crippen molar-refractivity contribution >= 4 is 50.1 Å². The van der Waals surface area contributed by atoms with Crippen LogP contribution in [0.4, 0.5) is 5.69 Å². The maximum Gasteiger partial charge on any atom is 0.336 e. The van der Waals surface area contributed by atoms with Crippen LogP contribution in [-0.4, -0.2) is 21.0 Å². The smallest absolute Gasteiger partial charge is 0.336 e. The van der Waals surface area contributed by atoms with Crippen molar-refractivity contribution in [3.8, 4) is 11.3 Å². The quantitative estimate of drug-likeness (QED) is 0.243. The van der Waals surface area contributed by atoms with Gasteiger partial charge in [0.15, 0.2) is 0 Å². The zero-order valence-electron chi connectivity index (χ0n) is 17.2. The zero-order valence-corrected chi connectivity index (χ0v) is 18.8. The van der Waals surface area contributed by atoms with Gasteiger partial charge in [-0.15, -0.1) is 0 Å². The number of benzene rings is 2. The molecule has 2 aromatic carbocycles. The summed E-state index contributed by atoms with van der Waals surface area (Å²) in [4.78, 5) is 27.4. The number of carbonyl (C=O) groups is 1. The lowest BCUT2D eigenvalue weighted by Gasteiger charge is -2.21. The Morgan fingerprint density at radius 3 is 2.73 bits per heavy atom. The van der Waals surface area contributed by atoms with E-state index in [1.54, 1.807) is 18.2 Å². The summed E-state index contributed by atoms with van der Waals surface area (Å²) in [6.45, 7) is 0. The van der Waals surface area contributed by atoms with E-state index in [1.165, 1.54) is 12.1 Å². The summed E-state index contributed by atoms with van der Waals surface area (Å²) in [6.07, 6.45) is 4.13. The molecule has 0 bridgehead atoms. The Morgan fingerprint density at radius 2 is 1.97 bits per heavy atom. The SMILES string of the molecule is O=C(O)c1c2c(nc3ccccc13)/C(=C/c1ccc(-c3ccc([N+](=O)[O-])cc3Br)o1)CCC2. The summed E-state index contributed by atoms with van der Waals surface area (Å²) < 4.78 is 6.58. The van der Waals surface area contributed by atoms with Crippen molar-refractivity contribution < 1.29 is 19.2 Å². The summed E-state index contributed by atoms with van der Waals surface area (Å²) in [5.74, 6) is 0.219. The van der Waals surface area contributed by atoms with Gasteiger partial charge < -0.3 is 9.52 Å². The molecule has 0 amide bonds. The Morgan fingerprint density at radius 1 is 1.15 bits per heavy atom. The first-order chi connectivity index (χ1) is 15.9. The predicted molar refractivity (Wildman–Crippen MR) is 128 cm³/mol. The van der Waals surface area contributed by atoms with Gasteiger partial charge in [-0.05, 0) is 76.7 Å². The molecule has 4 aromatic rings. The molecule has 0 spiro atoms. The van der Waals surface area contributed by atoms with Gasteiger partial charge in [0.05, 0.1) is 21.7 Å². The van der Waals surface area contributed by atoms with E-state index in [-0.39, 0.29) is 5.69 Å². The Labute approximate surface area is 196 Å². The molecule has 0 aliphatic heterocycles. The molecule has 0 saturated carbocycles. The number of carboxylic acid groups (broad SMARTS) is 1. The molecule has 8 heteroatoms. The number of aromatic carboxylic acids is 1. The number of hydrogen-bond acceptors (Lipinski definition) is 5. The number of allylic oxidation sites excluding steroid dienone is 1. The molecule has 33 heavy (non-hydrogen) atoms. The Kier molecular flexibility index (Phi) is 5.30. The van der Waals surface area contributed by atoms with Gasteiger partial charge >= 0.3 is 5.97 Å². The van der Waals surface area contributed by atoms with Crippen molar-refractivity contribution in [2.75, 3.05) is 0 Å². The van der Waals surface area contributed by atoms with E-state index in [0.29, 0.717) is 50.1 Å². The minimum atomic E-state index is -0.950. The van der Waals surface area contributed by atoms with Crippen molar-refractivity contribution in [1.29, 1.82) is 0 Å². The minimum Gasteiger partial charge on any atom is -0.478 e. The third-order valence-corrected chi connectivity index (χ3v) is 6.41. The van der Waals surface area contributed by atoms with Crippen LogP contribution in [0.25, 0.3) is 33.9 Å². The molecular formula is C25H17BrN2O5. The molecular weight excluding hydrogens is 488 g/mol. The number of non-ortho nitro benzene ring substituents is 1. The van der Waals surface area contributed by atoms with Crippen molar-refractivity contribution in [1.82, 2.24) is 4.98 Å². The van der Waals surface area contributed by atoms with E-state index >= 15 is 0 Å². The number of furan rings is 1. The third-order valence-electron chi connectivity index (χ3n) is 5.76. The highest BCUT2D eigenvalue weighted by Gasteiger charge is 2.25. The molecule has 164 valence electrons. The number of para-hydroxylation sites is 1. The lowest BCUT2D eigenvalue weighted by Crippen LogP contribution is -2.13. The fourth-order valence-electron chi connectivity index (χ4n) is 4.28. The number of fused-ring (bicyclic) bond motifs is 2. The van der Waals surface area contributed by atoms with Crippen LogP contribution in [0.3, 0.4) is 0 Å². The highest BCUT2D eigenvalue weighted by Crippen LogP contribution is 2.37. The van der Waals surface area contributed by atoms with Crippen molar-refractivity contribution in [3.05, 3.63) is 91.8 Å². The highest BCUT2D eigenvalue weighted by atomic mass is 79.9. The van der Waals surface area contributed by atoms with Crippen molar-refractivity contribution in [3.63, 3.8) is 0 Å². The number of rotatable bonds is 4. The summed E-state index contributed by atoms with van der Waals surface area (Å²) in [5, 5.41) is 21.5. The van der Waals surface area contributed by atoms with E-state index in [2.05, 4.69) is 15.9 Å². The maximum absolute atomic E-state index is 12.1. The lowest BCUT2D eigenvalue weighted by molar-refractivity contribution is -0.384. The summed E-state index contributed by atoms with van der Waals surface area (Å²) in [6, 6.07) is 15.4. The van der Waals surface area contributed by atoms with E-state index in [0.717, 1.165) is 24.0 Å². The van der Waals surface area contributed by atoms with Crippen LogP contribution in [-0.2, 0) is 6.42 Å². The fourth-order valence-corrected chi connectivity index (χ4v) is 4.85. The zero-order chi connectivity index (χ0) is 23.1. The number of carboxylic acids is 1. The first kappa shape index (κ1) is 21.1. The van der Waals surface area contributed by atoms with Gasteiger partial charge in [0.1, 0.15) is 11.5 Å². The largest absolute Gasteiger partial charge is 0.478 e. The molecule has 7 nitrogen and oxygen atoms in total. The first-order valence-electron chi connectivity index (χ1n) is 10.3. The van der Waals surface area contributed by atoms with Gasteiger partial charge in [-0.3, -0.25) is 10.1 Å². The number of hydrogen-bond donors (Lipinski definition) is 1. The van der Waals surface area contributed by atoms with Crippen LogP contribution >= 0.6 is 15.9 Å². The predicted octanol–water partition coefficient (Wildman–Crippen LogP) is 6.74. The van der Waals surface area contributed by atoms with E-state index < -0.39 is 10.9 Å². The molecule has 0 atom stereocenters. The second-order valence-corrected chi connectivity index (χ2v) is 8.64. The molecule has 5 rings (SSSR count). The molecule has 1 N–H and O–H groups in total. The molecule has 2 heterocycles. The van der Waals surface area contributed by atoms with Crippen molar-refractivity contribution in [2.24, 2.45) is 0 Å². The standard InChI is InChI=1S/C25H17BrN2O5/c26-20-13-15(28(31)32)8-10-17(20)22-11-9-16(33-22)12-14-4-3-6-19-23(25(29)30)18-5-1-2-7-21(18)27-24(14)19/h1-2,5,7-13H,3-4,6H2,(H,29,30)/b14-12+. The normalized spacial score (nSPS) is 14.4. The number of nitrogens with zero attached hydrogens (tertiary/aromatic N) is 2. The van der Waals surface area contributed by atoms with Crippen LogP contribution in [0.2, 0.25) is 0 Å². The van der Waals surface area contributed by atoms with Crippen LogP contribution in [0.5, 0.6) is 0 Å². The van der Waals surface area contributed by atoms with Crippen LogP contribution < -0.4 is 0 Å². The number of pyridine rings is 1. The molecule has 0 saturated heterocycles. The third kappa shape index (κ3) is 3.82. The first-order valence-corrected chi connectivity index (χ1v) is 11.1. The molecule has 0 unspecified atom stereocenters. The minimum absolute atomic E-state index is 0.00845. The average molecular weight is 505 g/mol. The summed E-state index contributed by atoms with van der Waals surface area (Å²) >= 11 is 3.38. The van der Waals surface area contributed by atoms with Gasteiger partial charge in [-0.25, -0.2) is 9.78 Å². The van der Waals surface area contributed by atoms with E-state index in [9.17, 15) is 20.0 Å². The second-order valence-electron chi connectivity index (χ2n) is 7.78. The number of nitro groups is 1. The Bertz CT molecular complexity index is 1470. The van der Waals surface area contributed by atoms with Crippen LogP contribution in [0.15, 0.2) is 63.5 Å². The average Bonchev–Trinajstić information content (AvgIpc) is 3.25. The van der Waals surface area contributed by atoms with Crippen molar-refractivity contribution in [2.45, 2.75) is 19.3 Å². The molecule has 0 fully saturated rings. The molecule has 1 aliphatic rings. The van der Waals surface area contributed by atoms with Crippen LogP contribution in [0, 0.1) is 10.1 Å². The maximum atomic E-state index is 12.1. The van der Waals surface area contributed by atoms with Gasteiger partial charge in [-0.2, -0.15) is 0 Å². The molecule has 2 aromatic heterocycles. The second kappa shape index (κ2) is 8.29. The Balaban J connectivity index is 1.57. The van der Waals surface area contributed by atoms with Gasteiger partial charge in [0.2, 0.25) is 0 Å². The van der Waals surface area contributed by atoms with E-state index in [1.807, 2.05) is 30.3 Å². The highest BCUT2D eigenvalue weighted by molar-refractivity contribution is 9.10. The topological polar surface area (TPSA) is 106 Å². The summed E-state index contributed by atoms with van der Waals surface area (Å²) in [7, 11) is 0. The van der Waals surface area contributed by atoms with Crippen LogP contribution in [0.1, 0.15) is 40.2 Å². The Hall–Kier alpha value is -3.78. The lowest BCUT2D eigenvalue weighted by atomic mass is 9.86. The van der Waals surface area contributed by atoms with E-state index in [4.69, 9.17) is 9.40 Å². The van der Waals surface area contributed by atoms with Gasteiger partial charge in [0.25, 0.3) is 5.69 Å². The number of halogens is 1. The number of aromatic nitrogens is 1. The number of nitro benzene ring substituents is 1. The summed E-state index contributed by atoms with van der Waals surface area (Å²) in [5.41, 5.74) is 4.04. The van der Waals surface area contributed by atoms with Gasteiger partial charge in [-0.1, -0.05) is 18.2 Å². The molecule has 0 radical (unpaired) electrons. The monoisotopic (exact) mass is 504 g/mol.